The van der Waals surface area contributed by atoms with Crippen LogP contribution in [0.2, 0.25) is 0 Å². The van der Waals surface area contributed by atoms with E-state index >= 15 is 0 Å². The number of fused-ring (bicyclic) bond motifs is 2. The van der Waals surface area contributed by atoms with Gasteiger partial charge in [0, 0.05) is 18.5 Å². The van der Waals surface area contributed by atoms with Gasteiger partial charge in [-0.2, -0.15) is 0 Å². The molecule has 0 unspecified atom stereocenters. The van der Waals surface area contributed by atoms with Crippen molar-refractivity contribution in [2.45, 2.75) is 27.7 Å². The second-order valence-corrected chi connectivity index (χ2v) is 8.49. The number of para-hydroxylation sites is 1. The van der Waals surface area contributed by atoms with Crippen LogP contribution in [0.3, 0.4) is 0 Å². The van der Waals surface area contributed by atoms with Crippen LogP contribution in [0.25, 0.3) is 21.2 Å². The zero-order chi connectivity index (χ0) is 21.3. The van der Waals surface area contributed by atoms with E-state index in [4.69, 9.17) is 9.40 Å². The molecule has 5 nitrogen and oxygen atoms in total. The summed E-state index contributed by atoms with van der Waals surface area (Å²) in [6, 6.07) is 13.7. The Morgan fingerprint density at radius 2 is 1.83 bits per heavy atom. The van der Waals surface area contributed by atoms with E-state index in [1.807, 2.05) is 30.3 Å². The number of benzene rings is 2. The Hall–Kier alpha value is -2.70. The molecule has 2 aromatic heterocycles. The Morgan fingerprint density at radius 3 is 2.57 bits per heavy atom. The minimum Gasteiger partial charge on any atom is -0.451 e. The van der Waals surface area contributed by atoms with Crippen LogP contribution in [-0.4, -0.2) is 42.0 Å². The zero-order valence-electron chi connectivity index (χ0n) is 17.9. The lowest BCUT2D eigenvalue weighted by atomic mass is 10.1. The van der Waals surface area contributed by atoms with Crippen molar-refractivity contribution in [2.75, 3.05) is 31.1 Å². The molecule has 0 aliphatic rings. The molecule has 0 atom stereocenters. The molecule has 30 heavy (non-hydrogen) atoms. The number of aryl methyl sites for hydroxylation is 2. The number of carbonyl (C=O) groups excluding carboxylic acids is 1. The maximum atomic E-state index is 13.5. The van der Waals surface area contributed by atoms with Crippen LogP contribution in [-0.2, 0) is 0 Å². The highest BCUT2D eigenvalue weighted by Crippen LogP contribution is 2.33. The molecule has 0 N–H and O–H groups in total. The summed E-state index contributed by atoms with van der Waals surface area (Å²) in [5.74, 6) is 0.203. The Kier molecular flexibility index (Phi) is 5.88. The number of hydrogen-bond donors (Lipinski definition) is 0. The van der Waals surface area contributed by atoms with Gasteiger partial charge in [0.1, 0.15) is 5.58 Å². The molecule has 0 fully saturated rings. The molecule has 6 heteroatoms. The van der Waals surface area contributed by atoms with Gasteiger partial charge < -0.3 is 9.32 Å². The summed E-state index contributed by atoms with van der Waals surface area (Å²) in [4.78, 5) is 22.5. The van der Waals surface area contributed by atoms with Gasteiger partial charge in [-0.1, -0.05) is 49.4 Å². The predicted molar refractivity (Wildman–Crippen MR) is 125 cm³/mol. The SMILES string of the molecule is CCN(CC)CCN(C(=O)c1cc2ccccc2o1)c1nc2c(C)c(C)ccc2s1. The summed E-state index contributed by atoms with van der Waals surface area (Å²) in [5.41, 5.74) is 4.06. The maximum Gasteiger partial charge on any atom is 0.295 e. The van der Waals surface area contributed by atoms with Crippen LogP contribution >= 0.6 is 11.3 Å². The summed E-state index contributed by atoms with van der Waals surface area (Å²) in [7, 11) is 0. The molecule has 0 saturated carbocycles. The van der Waals surface area contributed by atoms with Crippen molar-refractivity contribution in [2.24, 2.45) is 0 Å². The molecule has 4 rings (SSSR count). The van der Waals surface area contributed by atoms with Crippen molar-refractivity contribution >= 4 is 43.6 Å². The van der Waals surface area contributed by atoms with Gasteiger partial charge in [0.25, 0.3) is 5.91 Å². The van der Waals surface area contributed by atoms with E-state index in [0.717, 1.165) is 51.5 Å². The van der Waals surface area contributed by atoms with Crippen molar-refractivity contribution in [3.8, 4) is 0 Å². The van der Waals surface area contributed by atoms with Crippen LogP contribution < -0.4 is 4.90 Å². The van der Waals surface area contributed by atoms with Gasteiger partial charge in [0.15, 0.2) is 10.9 Å². The molecule has 0 radical (unpaired) electrons. The third-order valence-corrected chi connectivity index (χ3v) is 6.76. The highest BCUT2D eigenvalue weighted by molar-refractivity contribution is 7.22. The van der Waals surface area contributed by atoms with Crippen LogP contribution in [0.15, 0.2) is 46.9 Å². The number of hydrogen-bond acceptors (Lipinski definition) is 5. The number of nitrogens with zero attached hydrogens (tertiary/aromatic N) is 3. The minimum atomic E-state index is -0.146. The fraction of sp³-hybridized carbons (Fsp3) is 0.333. The Morgan fingerprint density at radius 1 is 1.07 bits per heavy atom. The van der Waals surface area contributed by atoms with Gasteiger partial charge in [-0.05, 0) is 56.3 Å². The maximum absolute atomic E-state index is 13.5. The van der Waals surface area contributed by atoms with Gasteiger partial charge >= 0.3 is 0 Å². The van der Waals surface area contributed by atoms with Crippen LogP contribution in [0.4, 0.5) is 5.13 Å². The lowest BCUT2D eigenvalue weighted by Gasteiger charge is -2.24. The van der Waals surface area contributed by atoms with E-state index < -0.39 is 0 Å². The lowest BCUT2D eigenvalue weighted by molar-refractivity contribution is 0.0959. The van der Waals surface area contributed by atoms with Gasteiger partial charge in [-0.25, -0.2) is 4.98 Å². The Bertz CT molecular complexity index is 1160. The third kappa shape index (κ3) is 3.85. The van der Waals surface area contributed by atoms with Crippen molar-refractivity contribution in [1.29, 1.82) is 0 Å². The number of furan rings is 1. The molecular formula is C24H27N3O2S. The average molecular weight is 422 g/mol. The predicted octanol–water partition coefficient (Wildman–Crippen LogP) is 5.65. The number of likely N-dealkylation sites (N-methyl/N-ethyl adjacent to an activating group) is 1. The van der Waals surface area contributed by atoms with Gasteiger partial charge in [0.2, 0.25) is 0 Å². The standard InChI is InChI=1S/C24H27N3O2S/c1-5-26(6-2)13-14-27(23(28)20-15-18-9-7-8-10-19(18)29-20)24-25-22-17(4)16(3)11-12-21(22)30-24/h7-12,15H,5-6,13-14H2,1-4H3. The normalized spacial score (nSPS) is 11.6. The molecule has 0 aliphatic carbocycles. The van der Waals surface area contributed by atoms with Crippen LogP contribution in [0.5, 0.6) is 0 Å². The number of rotatable bonds is 7. The quantitative estimate of drug-likeness (QED) is 0.387. The highest BCUT2D eigenvalue weighted by Gasteiger charge is 2.25. The topological polar surface area (TPSA) is 49.6 Å². The highest BCUT2D eigenvalue weighted by atomic mass is 32.1. The average Bonchev–Trinajstić information content (AvgIpc) is 3.38. The second-order valence-electron chi connectivity index (χ2n) is 7.48. The molecular weight excluding hydrogens is 394 g/mol. The van der Waals surface area contributed by atoms with Gasteiger partial charge in [-0.15, -0.1) is 0 Å². The molecule has 1 amide bonds. The molecule has 4 aromatic rings. The van der Waals surface area contributed by atoms with E-state index in [0.29, 0.717) is 12.3 Å². The number of amides is 1. The number of thiazole rings is 1. The second kappa shape index (κ2) is 8.58. The molecule has 0 spiro atoms. The summed E-state index contributed by atoms with van der Waals surface area (Å²) in [5, 5.41) is 1.65. The lowest BCUT2D eigenvalue weighted by Crippen LogP contribution is -2.38. The third-order valence-electron chi connectivity index (χ3n) is 5.72. The molecule has 0 bridgehead atoms. The smallest absolute Gasteiger partial charge is 0.295 e. The van der Waals surface area contributed by atoms with Crippen LogP contribution in [0.1, 0.15) is 35.5 Å². The fourth-order valence-electron chi connectivity index (χ4n) is 3.62. The largest absolute Gasteiger partial charge is 0.451 e. The Labute approximate surface area is 180 Å². The molecule has 2 heterocycles. The number of aromatic nitrogens is 1. The molecule has 0 saturated heterocycles. The monoisotopic (exact) mass is 421 g/mol. The molecule has 156 valence electrons. The summed E-state index contributed by atoms with van der Waals surface area (Å²) in [6.45, 7) is 11.7. The van der Waals surface area contributed by atoms with E-state index in [1.165, 1.54) is 5.56 Å². The van der Waals surface area contributed by atoms with Crippen molar-refractivity contribution in [3.05, 3.63) is 59.4 Å². The van der Waals surface area contributed by atoms with Gasteiger partial charge in [-0.3, -0.25) is 9.69 Å². The zero-order valence-corrected chi connectivity index (χ0v) is 18.8. The van der Waals surface area contributed by atoms with E-state index in [-0.39, 0.29) is 5.91 Å². The Balaban J connectivity index is 1.73. The number of carbonyl (C=O) groups is 1. The minimum absolute atomic E-state index is 0.146. The first-order valence-electron chi connectivity index (χ1n) is 10.4. The van der Waals surface area contributed by atoms with Gasteiger partial charge in [0.05, 0.1) is 10.2 Å². The summed E-state index contributed by atoms with van der Waals surface area (Å²) < 4.78 is 6.98. The molecule has 0 aliphatic heterocycles. The first kappa shape index (κ1) is 20.6. The van der Waals surface area contributed by atoms with E-state index in [9.17, 15) is 4.79 Å². The van der Waals surface area contributed by atoms with Crippen molar-refractivity contribution in [3.63, 3.8) is 0 Å². The first-order chi connectivity index (χ1) is 14.5. The summed E-state index contributed by atoms with van der Waals surface area (Å²) >= 11 is 1.56. The van der Waals surface area contributed by atoms with Crippen molar-refractivity contribution < 1.29 is 9.21 Å². The summed E-state index contributed by atoms with van der Waals surface area (Å²) in [6.07, 6.45) is 0. The number of anilines is 1. The van der Waals surface area contributed by atoms with E-state index in [2.05, 4.69) is 44.7 Å². The molecule has 2 aromatic carbocycles. The van der Waals surface area contributed by atoms with E-state index in [1.54, 1.807) is 16.2 Å². The van der Waals surface area contributed by atoms with Crippen molar-refractivity contribution in [1.82, 2.24) is 9.88 Å². The fourth-order valence-corrected chi connectivity index (χ4v) is 4.66. The van der Waals surface area contributed by atoms with Crippen LogP contribution in [0, 0.1) is 13.8 Å². The first-order valence-corrected chi connectivity index (χ1v) is 11.2.